The Morgan fingerprint density at radius 3 is 3.00 bits per heavy atom. The molecular weight excluding hydrogens is 138 g/mol. The van der Waals surface area contributed by atoms with Crippen LogP contribution >= 0.6 is 0 Å². The number of nitrogen functional groups attached to an aromatic ring is 1. The maximum Gasteiger partial charge on any atom is 0.124 e. The number of nitrogens with zero attached hydrogens (tertiary/aromatic N) is 1. The van der Waals surface area contributed by atoms with Crippen molar-refractivity contribution in [1.29, 1.82) is 0 Å². The van der Waals surface area contributed by atoms with E-state index >= 15 is 0 Å². The zero-order chi connectivity index (χ0) is 8.27. The van der Waals surface area contributed by atoms with Crippen molar-refractivity contribution in [2.75, 3.05) is 18.1 Å². The first-order valence-corrected chi connectivity index (χ1v) is 3.33. The predicted molar refractivity (Wildman–Crippen MR) is 48.3 cm³/mol. The molecule has 0 atom stereocenters. The van der Waals surface area contributed by atoms with Crippen LogP contribution in [0.2, 0.25) is 0 Å². The number of nitrogens with one attached hydrogen (secondary N) is 1. The Bertz CT molecular complexity index is 268. The fourth-order valence-electron chi connectivity index (χ4n) is 0.866. The molecule has 0 amide bonds. The van der Waals surface area contributed by atoms with Crippen molar-refractivity contribution >= 4 is 17.6 Å². The Labute approximate surface area is 65.9 Å². The lowest BCUT2D eigenvalue weighted by Gasteiger charge is -2.03. The summed E-state index contributed by atoms with van der Waals surface area (Å²) in [5, 5.41) is 2.98. The molecule has 58 valence electrons. The van der Waals surface area contributed by atoms with Gasteiger partial charge in [0.25, 0.3) is 0 Å². The van der Waals surface area contributed by atoms with Gasteiger partial charge in [-0.3, -0.25) is 0 Å². The molecule has 0 aromatic carbocycles. The summed E-state index contributed by atoms with van der Waals surface area (Å²) in [5.41, 5.74) is 7.38. The number of rotatable bonds is 2. The molecule has 1 aromatic heterocycles. The molecule has 3 heteroatoms. The van der Waals surface area contributed by atoms with E-state index in [4.69, 9.17) is 5.73 Å². The summed E-state index contributed by atoms with van der Waals surface area (Å²) in [7, 11) is 1.83. The van der Waals surface area contributed by atoms with E-state index < -0.39 is 0 Å². The lowest BCUT2D eigenvalue weighted by molar-refractivity contribution is 1.31. The van der Waals surface area contributed by atoms with Gasteiger partial charge >= 0.3 is 0 Å². The van der Waals surface area contributed by atoms with E-state index in [1.807, 2.05) is 7.05 Å². The van der Waals surface area contributed by atoms with Gasteiger partial charge in [0, 0.05) is 12.6 Å². The molecule has 0 aliphatic rings. The maximum atomic E-state index is 5.47. The Kier molecular flexibility index (Phi) is 2.11. The summed E-state index contributed by atoms with van der Waals surface area (Å²) < 4.78 is 0. The van der Waals surface area contributed by atoms with Crippen molar-refractivity contribution in [3.8, 4) is 0 Å². The number of pyridine rings is 1. The number of aromatic nitrogens is 1. The van der Waals surface area contributed by atoms with Crippen LogP contribution in [0.3, 0.4) is 0 Å². The first-order chi connectivity index (χ1) is 5.27. The van der Waals surface area contributed by atoms with Crippen molar-refractivity contribution in [1.82, 2.24) is 4.98 Å². The van der Waals surface area contributed by atoms with Crippen LogP contribution in [-0.4, -0.2) is 12.0 Å². The van der Waals surface area contributed by atoms with E-state index in [-0.39, 0.29) is 0 Å². The summed E-state index contributed by atoms with van der Waals surface area (Å²) in [5.74, 6) is 0.513. The van der Waals surface area contributed by atoms with Gasteiger partial charge in [0.15, 0.2) is 0 Å². The van der Waals surface area contributed by atoms with Crippen LogP contribution in [0, 0.1) is 0 Å². The Morgan fingerprint density at radius 1 is 1.73 bits per heavy atom. The van der Waals surface area contributed by atoms with Gasteiger partial charge in [-0.15, -0.1) is 0 Å². The minimum absolute atomic E-state index is 0.513. The van der Waals surface area contributed by atoms with Crippen molar-refractivity contribution in [3.05, 3.63) is 24.4 Å². The molecule has 0 saturated heterocycles. The van der Waals surface area contributed by atoms with E-state index in [1.54, 1.807) is 18.3 Å². The molecule has 0 saturated carbocycles. The van der Waals surface area contributed by atoms with Crippen molar-refractivity contribution < 1.29 is 0 Å². The van der Waals surface area contributed by atoms with Gasteiger partial charge in [-0.25, -0.2) is 4.98 Å². The predicted octanol–water partition coefficient (Wildman–Crippen LogP) is 1.35. The van der Waals surface area contributed by atoms with Gasteiger partial charge in [-0.1, -0.05) is 12.7 Å². The van der Waals surface area contributed by atoms with E-state index in [9.17, 15) is 0 Å². The summed E-state index contributed by atoms with van der Waals surface area (Å²) in [6, 6.07) is 1.78. The first-order valence-electron chi connectivity index (χ1n) is 3.33. The monoisotopic (exact) mass is 149 g/mol. The molecule has 1 aromatic rings. The minimum atomic E-state index is 0.513. The molecule has 0 radical (unpaired) electrons. The van der Waals surface area contributed by atoms with Crippen molar-refractivity contribution in [3.63, 3.8) is 0 Å². The third-order valence-electron chi connectivity index (χ3n) is 1.45. The van der Waals surface area contributed by atoms with E-state index in [1.165, 1.54) is 0 Å². The largest absolute Gasteiger partial charge is 0.386 e. The fourth-order valence-corrected chi connectivity index (χ4v) is 0.866. The second-order valence-electron chi connectivity index (χ2n) is 2.15. The smallest absolute Gasteiger partial charge is 0.124 e. The lowest BCUT2D eigenvalue weighted by atomic mass is 10.2. The van der Waals surface area contributed by atoms with Crippen molar-refractivity contribution in [2.24, 2.45) is 0 Å². The standard InChI is InChI=1S/C8H11N3/c1-3-6-4-8(9)11-5-7(6)10-2/h3-5,10H,1H2,2H3,(H2,9,11). The van der Waals surface area contributed by atoms with Gasteiger partial charge in [-0.05, 0) is 6.07 Å². The third-order valence-corrected chi connectivity index (χ3v) is 1.45. The molecule has 3 N–H and O–H groups in total. The van der Waals surface area contributed by atoms with Crippen LogP contribution in [0.25, 0.3) is 6.08 Å². The number of hydrogen-bond acceptors (Lipinski definition) is 3. The van der Waals surface area contributed by atoms with Crippen LogP contribution in [0.1, 0.15) is 5.56 Å². The number of nitrogens with two attached hydrogens (primary N) is 1. The van der Waals surface area contributed by atoms with Crippen molar-refractivity contribution in [2.45, 2.75) is 0 Å². The van der Waals surface area contributed by atoms with Gasteiger partial charge in [0.05, 0.1) is 11.9 Å². The SMILES string of the molecule is C=Cc1cc(N)ncc1NC. The third kappa shape index (κ3) is 1.49. The van der Waals surface area contributed by atoms with E-state index in [0.29, 0.717) is 5.82 Å². The van der Waals surface area contributed by atoms with Gasteiger partial charge in [-0.2, -0.15) is 0 Å². The van der Waals surface area contributed by atoms with Crippen LogP contribution in [0.4, 0.5) is 11.5 Å². The highest BCUT2D eigenvalue weighted by Gasteiger charge is 1.96. The van der Waals surface area contributed by atoms with E-state index in [2.05, 4.69) is 16.9 Å². The molecule has 1 rings (SSSR count). The Balaban J connectivity index is 3.16. The molecule has 0 aliphatic heterocycles. The number of anilines is 2. The second kappa shape index (κ2) is 3.05. The highest BCUT2D eigenvalue weighted by atomic mass is 14.9. The normalized spacial score (nSPS) is 9.18. The quantitative estimate of drug-likeness (QED) is 0.667. The van der Waals surface area contributed by atoms with Crippen LogP contribution < -0.4 is 11.1 Å². The first kappa shape index (κ1) is 7.60. The molecule has 3 nitrogen and oxygen atoms in total. The molecule has 0 fully saturated rings. The summed E-state index contributed by atoms with van der Waals surface area (Å²) in [4.78, 5) is 3.93. The molecule has 0 aliphatic carbocycles. The summed E-state index contributed by atoms with van der Waals surface area (Å²) in [6.45, 7) is 3.66. The molecular formula is C8H11N3. The minimum Gasteiger partial charge on any atom is -0.386 e. The topological polar surface area (TPSA) is 50.9 Å². The van der Waals surface area contributed by atoms with E-state index in [0.717, 1.165) is 11.3 Å². The summed E-state index contributed by atoms with van der Waals surface area (Å²) in [6.07, 6.45) is 3.43. The summed E-state index contributed by atoms with van der Waals surface area (Å²) >= 11 is 0. The molecule has 0 unspecified atom stereocenters. The fraction of sp³-hybridized carbons (Fsp3) is 0.125. The molecule has 0 spiro atoms. The van der Waals surface area contributed by atoms with Gasteiger partial charge < -0.3 is 11.1 Å². The number of hydrogen-bond donors (Lipinski definition) is 2. The molecule has 0 bridgehead atoms. The van der Waals surface area contributed by atoms with Crippen LogP contribution in [0.5, 0.6) is 0 Å². The molecule has 11 heavy (non-hydrogen) atoms. The Hall–Kier alpha value is -1.51. The second-order valence-corrected chi connectivity index (χ2v) is 2.15. The highest BCUT2D eigenvalue weighted by Crippen LogP contribution is 2.16. The van der Waals surface area contributed by atoms with Gasteiger partial charge in [0.1, 0.15) is 5.82 Å². The zero-order valence-corrected chi connectivity index (χ0v) is 6.46. The average Bonchev–Trinajstić information content (AvgIpc) is 2.04. The molecule has 1 heterocycles. The lowest BCUT2D eigenvalue weighted by Crippen LogP contribution is -1.96. The average molecular weight is 149 g/mol. The highest BCUT2D eigenvalue weighted by molar-refractivity contribution is 5.66. The van der Waals surface area contributed by atoms with Crippen LogP contribution in [-0.2, 0) is 0 Å². The Morgan fingerprint density at radius 2 is 2.45 bits per heavy atom. The maximum absolute atomic E-state index is 5.47. The van der Waals surface area contributed by atoms with Gasteiger partial charge in [0.2, 0.25) is 0 Å². The zero-order valence-electron chi connectivity index (χ0n) is 6.46. The van der Waals surface area contributed by atoms with Crippen LogP contribution in [0.15, 0.2) is 18.8 Å².